The third kappa shape index (κ3) is 4.90. The molecule has 2 aromatic carbocycles. The van der Waals surface area contributed by atoms with Crippen molar-refractivity contribution in [1.29, 1.82) is 0 Å². The summed E-state index contributed by atoms with van der Waals surface area (Å²) in [6, 6.07) is 15.9. The number of nitrogen functional groups attached to an aromatic ring is 1. The van der Waals surface area contributed by atoms with Crippen molar-refractivity contribution in [2.24, 2.45) is 0 Å². The van der Waals surface area contributed by atoms with Gasteiger partial charge >= 0.3 is 0 Å². The second kappa shape index (κ2) is 9.87. The van der Waals surface area contributed by atoms with Crippen LogP contribution in [-0.4, -0.2) is 40.3 Å². The maximum atomic E-state index is 6.12. The van der Waals surface area contributed by atoms with E-state index in [9.17, 15) is 0 Å². The molecule has 8 heteroatoms. The summed E-state index contributed by atoms with van der Waals surface area (Å²) in [5.74, 6) is 3.08. The molecule has 172 valence electrons. The van der Waals surface area contributed by atoms with Gasteiger partial charge in [-0.1, -0.05) is 43.3 Å². The second-order valence-electron chi connectivity index (χ2n) is 7.99. The third-order valence-electron chi connectivity index (χ3n) is 5.62. The molecular weight excluding hydrogens is 418 g/mol. The summed E-state index contributed by atoms with van der Waals surface area (Å²) in [5.41, 5.74) is 8.87. The lowest BCUT2D eigenvalue weighted by Gasteiger charge is -2.15. The summed E-state index contributed by atoms with van der Waals surface area (Å²) in [5, 5.41) is 0. The number of fused-ring (bicyclic) bond motifs is 1. The smallest absolute Gasteiger partial charge is 0.166 e. The highest BCUT2D eigenvalue weighted by molar-refractivity contribution is 5.65. The van der Waals surface area contributed by atoms with Crippen molar-refractivity contribution in [1.82, 2.24) is 19.5 Å². The molecule has 2 unspecified atom stereocenters. The summed E-state index contributed by atoms with van der Waals surface area (Å²) >= 11 is 0. The normalized spacial score (nSPS) is 13.1. The predicted octanol–water partition coefficient (Wildman–Crippen LogP) is 4.31. The summed E-state index contributed by atoms with van der Waals surface area (Å²) in [4.78, 5) is 13.8. The molecule has 0 bridgehead atoms. The Morgan fingerprint density at radius 3 is 2.45 bits per heavy atom. The van der Waals surface area contributed by atoms with E-state index < -0.39 is 0 Å². The zero-order valence-electron chi connectivity index (χ0n) is 19.4. The molecule has 2 atom stereocenters. The molecule has 0 aliphatic carbocycles. The van der Waals surface area contributed by atoms with Gasteiger partial charge in [0.05, 0.1) is 39.8 Å². The summed E-state index contributed by atoms with van der Waals surface area (Å²) < 4.78 is 18.8. The molecule has 2 aliphatic rings. The fourth-order valence-corrected chi connectivity index (χ4v) is 3.67. The van der Waals surface area contributed by atoms with Crippen molar-refractivity contribution < 1.29 is 14.2 Å². The molecule has 33 heavy (non-hydrogen) atoms. The number of rotatable bonds is 9. The summed E-state index contributed by atoms with van der Waals surface area (Å²) in [6.45, 7) is 5.13. The van der Waals surface area contributed by atoms with Gasteiger partial charge in [-0.25, -0.2) is 15.0 Å². The Morgan fingerprint density at radius 1 is 0.970 bits per heavy atom. The molecule has 0 aromatic heterocycles. The SMILES string of the molecule is COc1ccc(Cn2cnc(N)c3nc(C(C)COC(C)c4ccccc4)nc2-3)cc1OC. The van der Waals surface area contributed by atoms with Gasteiger partial charge in [-0.3, -0.25) is 0 Å². The van der Waals surface area contributed by atoms with Gasteiger partial charge < -0.3 is 24.5 Å². The first-order valence-corrected chi connectivity index (χ1v) is 10.9. The van der Waals surface area contributed by atoms with Crippen molar-refractivity contribution >= 4 is 5.82 Å². The number of aromatic nitrogens is 4. The molecular formula is C25H29N5O3. The van der Waals surface area contributed by atoms with Crippen LogP contribution in [0, 0.1) is 0 Å². The van der Waals surface area contributed by atoms with Crippen LogP contribution >= 0.6 is 0 Å². The van der Waals surface area contributed by atoms with Crippen LogP contribution < -0.4 is 15.2 Å². The molecule has 0 spiro atoms. The highest BCUT2D eigenvalue weighted by Gasteiger charge is 2.22. The van der Waals surface area contributed by atoms with Gasteiger partial charge in [0.15, 0.2) is 28.8 Å². The van der Waals surface area contributed by atoms with Crippen LogP contribution in [0.2, 0.25) is 0 Å². The van der Waals surface area contributed by atoms with E-state index in [4.69, 9.17) is 24.9 Å². The van der Waals surface area contributed by atoms with Crippen molar-refractivity contribution in [3.8, 4) is 23.0 Å². The van der Waals surface area contributed by atoms with E-state index in [2.05, 4.69) is 22.1 Å². The van der Waals surface area contributed by atoms with Crippen LogP contribution in [0.4, 0.5) is 5.82 Å². The molecule has 0 fully saturated rings. The number of ether oxygens (including phenoxy) is 3. The lowest BCUT2D eigenvalue weighted by atomic mass is 10.1. The highest BCUT2D eigenvalue weighted by atomic mass is 16.5. The zero-order valence-corrected chi connectivity index (χ0v) is 19.4. The average Bonchev–Trinajstić information content (AvgIpc) is 3.31. The fraction of sp³-hybridized carbons (Fsp3) is 0.320. The molecule has 0 amide bonds. The van der Waals surface area contributed by atoms with E-state index >= 15 is 0 Å². The van der Waals surface area contributed by atoms with Crippen LogP contribution in [0.15, 0.2) is 54.9 Å². The Labute approximate surface area is 193 Å². The van der Waals surface area contributed by atoms with Crippen molar-refractivity contribution in [3.05, 3.63) is 71.8 Å². The van der Waals surface area contributed by atoms with Gasteiger partial charge in [0, 0.05) is 5.92 Å². The van der Waals surface area contributed by atoms with E-state index in [1.807, 2.05) is 54.8 Å². The Hall–Kier alpha value is -3.65. The third-order valence-corrected chi connectivity index (χ3v) is 5.62. The largest absolute Gasteiger partial charge is 0.493 e. The minimum absolute atomic E-state index is 0.00232. The molecule has 0 radical (unpaired) electrons. The van der Waals surface area contributed by atoms with Crippen molar-refractivity contribution in [3.63, 3.8) is 0 Å². The maximum absolute atomic E-state index is 6.12. The zero-order chi connectivity index (χ0) is 23.4. The van der Waals surface area contributed by atoms with Crippen LogP contribution in [0.5, 0.6) is 11.5 Å². The number of nitrogens with two attached hydrogens (primary N) is 1. The van der Waals surface area contributed by atoms with Crippen LogP contribution in [0.3, 0.4) is 0 Å². The van der Waals surface area contributed by atoms with Crippen LogP contribution in [0.25, 0.3) is 11.5 Å². The summed E-state index contributed by atoms with van der Waals surface area (Å²) in [6.07, 6.45) is 1.67. The number of benzene rings is 2. The number of hydrogen-bond donors (Lipinski definition) is 1. The van der Waals surface area contributed by atoms with E-state index in [0.29, 0.717) is 47.8 Å². The highest BCUT2D eigenvalue weighted by Crippen LogP contribution is 2.30. The quantitative estimate of drug-likeness (QED) is 0.408. The van der Waals surface area contributed by atoms with Gasteiger partial charge in [-0.2, -0.15) is 0 Å². The second-order valence-corrected chi connectivity index (χ2v) is 7.99. The van der Waals surface area contributed by atoms with Gasteiger partial charge in [0.1, 0.15) is 5.82 Å². The number of nitrogens with zero attached hydrogens (tertiary/aromatic N) is 4. The minimum Gasteiger partial charge on any atom is -0.493 e. The number of hydrogen-bond acceptors (Lipinski definition) is 7. The first-order valence-electron chi connectivity index (χ1n) is 10.9. The van der Waals surface area contributed by atoms with Crippen molar-refractivity contribution in [2.75, 3.05) is 26.6 Å². The standard InChI is InChI=1S/C25H29N5O3/c1-16(14-33-17(2)19-8-6-5-7-9-19)24-28-22-23(26)27-15-30(25(22)29-24)13-18-10-11-20(31-3)21(12-18)32-4/h5-12,15-17H,13-14,26H2,1-4H3. The van der Waals surface area contributed by atoms with Gasteiger partial charge in [-0.05, 0) is 30.2 Å². The minimum atomic E-state index is -0.0141. The Morgan fingerprint density at radius 2 is 1.73 bits per heavy atom. The van der Waals surface area contributed by atoms with Crippen LogP contribution in [0.1, 0.15) is 42.8 Å². The maximum Gasteiger partial charge on any atom is 0.166 e. The van der Waals surface area contributed by atoms with Crippen LogP contribution in [-0.2, 0) is 11.3 Å². The number of anilines is 1. The van der Waals surface area contributed by atoms with Gasteiger partial charge in [0.25, 0.3) is 0 Å². The molecule has 2 N–H and O–H groups in total. The average molecular weight is 448 g/mol. The Balaban J connectivity index is 1.54. The molecule has 2 heterocycles. The topological polar surface area (TPSA) is 97.3 Å². The number of methoxy groups -OCH3 is 2. The molecule has 0 saturated heterocycles. The molecule has 4 rings (SSSR count). The Kier molecular flexibility index (Phi) is 6.74. The lowest BCUT2D eigenvalue weighted by Crippen LogP contribution is -2.10. The molecule has 2 aliphatic heterocycles. The fourth-order valence-electron chi connectivity index (χ4n) is 3.67. The lowest BCUT2D eigenvalue weighted by molar-refractivity contribution is 0.0564. The molecule has 2 aromatic rings. The first kappa shape index (κ1) is 22.5. The number of imidazole rings is 1. The molecule has 8 nitrogen and oxygen atoms in total. The monoisotopic (exact) mass is 447 g/mol. The Bertz CT molecular complexity index is 1180. The van der Waals surface area contributed by atoms with E-state index in [0.717, 1.165) is 11.1 Å². The summed E-state index contributed by atoms with van der Waals surface area (Å²) in [7, 11) is 3.24. The van der Waals surface area contributed by atoms with Crippen molar-refractivity contribution in [2.45, 2.75) is 32.4 Å². The van der Waals surface area contributed by atoms with E-state index in [1.165, 1.54) is 0 Å². The van der Waals surface area contributed by atoms with E-state index in [-0.39, 0.29) is 12.0 Å². The first-order chi connectivity index (χ1) is 16.0. The predicted molar refractivity (Wildman–Crippen MR) is 127 cm³/mol. The van der Waals surface area contributed by atoms with E-state index in [1.54, 1.807) is 20.5 Å². The van der Waals surface area contributed by atoms with Gasteiger partial charge in [-0.15, -0.1) is 0 Å². The molecule has 0 saturated carbocycles. The van der Waals surface area contributed by atoms with Gasteiger partial charge in [0.2, 0.25) is 0 Å².